The summed E-state index contributed by atoms with van der Waals surface area (Å²) in [4.78, 5) is 12.1. The summed E-state index contributed by atoms with van der Waals surface area (Å²) >= 11 is 0. The third kappa shape index (κ3) is 5.11. The van der Waals surface area contributed by atoms with Crippen molar-refractivity contribution in [3.63, 3.8) is 0 Å². The fraction of sp³-hybridized carbons (Fsp3) is 0.938. The second-order valence-electron chi connectivity index (χ2n) is 6.98. The summed E-state index contributed by atoms with van der Waals surface area (Å²) in [6, 6.07) is 0.198. The van der Waals surface area contributed by atoms with Gasteiger partial charge in [-0.1, -0.05) is 27.2 Å². The molecular formula is C16H31ClN2O2. The zero-order chi connectivity index (χ0) is 14.6. The van der Waals surface area contributed by atoms with E-state index in [0.29, 0.717) is 24.7 Å². The maximum Gasteiger partial charge on any atom is 0.239 e. The molecule has 0 aromatic carbocycles. The second kappa shape index (κ2) is 8.35. The van der Waals surface area contributed by atoms with Crippen molar-refractivity contribution in [3.8, 4) is 0 Å². The van der Waals surface area contributed by atoms with Crippen molar-refractivity contribution < 1.29 is 9.53 Å². The zero-order valence-electron chi connectivity index (χ0n) is 13.6. The van der Waals surface area contributed by atoms with Crippen molar-refractivity contribution in [2.45, 2.75) is 65.0 Å². The van der Waals surface area contributed by atoms with Gasteiger partial charge in [0.15, 0.2) is 0 Å². The molecule has 2 N–H and O–H groups in total. The quantitative estimate of drug-likeness (QED) is 0.837. The normalized spacial score (nSPS) is 30.3. The van der Waals surface area contributed by atoms with Gasteiger partial charge in [0.05, 0.1) is 13.2 Å². The van der Waals surface area contributed by atoms with Gasteiger partial charge in [0.2, 0.25) is 5.91 Å². The third-order valence-corrected chi connectivity index (χ3v) is 5.33. The summed E-state index contributed by atoms with van der Waals surface area (Å²) in [5, 5.41) is 6.41. The van der Waals surface area contributed by atoms with Crippen LogP contribution in [0.3, 0.4) is 0 Å². The number of rotatable bonds is 4. The standard InChI is InChI=1S/C16H30N2O2.ClH/c1-4-16(2,3)12-5-7-13(8-6-12)18-15(19)14-11-20-10-9-17-14;/h12-14,17H,4-11H2,1-3H3,(H,18,19);1H. The zero-order valence-corrected chi connectivity index (χ0v) is 14.4. The Morgan fingerprint density at radius 3 is 2.48 bits per heavy atom. The van der Waals surface area contributed by atoms with E-state index in [4.69, 9.17) is 4.74 Å². The summed E-state index contributed by atoms with van der Waals surface area (Å²) in [5.74, 6) is 0.916. The molecule has 1 aliphatic heterocycles. The Hall–Kier alpha value is -0.320. The molecule has 2 fully saturated rings. The summed E-state index contributed by atoms with van der Waals surface area (Å²) in [6.45, 7) is 9.02. The monoisotopic (exact) mass is 318 g/mol. The molecule has 2 aliphatic rings. The molecule has 5 heteroatoms. The maximum atomic E-state index is 12.1. The predicted molar refractivity (Wildman–Crippen MR) is 87.8 cm³/mol. The Labute approximate surface area is 135 Å². The Balaban J connectivity index is 0.00000220. The summed E-state index contributed by atoms with van der Waals surface area (Å²) in [6.07, 6.45) is 5.94. The molecule has 1 amide bonds. The van der Waals surface area contributed by atoms with Crippen molar-refractivity contribution in [3.05, 3.63) is 0 Å². The molecule has 0 aromatic heterocycles. The van der Waals surface area contributed by atoms with Gasteiger partial charge in [-0.15, -0.1) is 12.4 Å². The van der Waals surface area contributed by atoms with Crippen LogP contribution in [0.2, 0.25) is 0 Å². The first kappa shape index (κ1) is 18.7. The highest BCUT2D eigenvalue weighted by Gasteiger charge is 2.33. The summed E-state index contributed by atoms with van der Waals surface area (Å²) < 4.78 is 5.35. The SMILES string of the molecule is CCC(C)(C)C1CCC(NC(=O)C2COCCN2)CC1.Cl. The summed E-state index contributed by atoms with van der Waals surface area (Å²) in [7, 11) is 0. The van der Waals surface area contributed by atoms with E-state index in [-0.39, 0.29) is 24.4 Å². The molecule has 0 aromatic rings. The number of hydrogen-bond acceptors (Lipinski definition) is 3. The van der Waals surface area contributed by atoms with Crippen molar-refractivity contribution in [1.29, 1.82) is 0 Å². The highest BCUT2D eigenvalue weighted by atomic mass is 35.5. The molecule has 1 saturated carbocycles. The first-order chi connectivity index (χ1) is 9.53. The lowest BCUT2D eigenvalue weighted by molar-refractivity contribution is -0.127. The van der Waals surface area contributed by atoms with E-state index >= 15 is 0 Å². The minimum absolute atomic E-state index is 0. The van der Waals surface area contributed by atoms with Gasteiger partial charge in [0, 0.05) is 12.6 Å². The molecule has 21 heavy (non-hydrogen) atoms. The largest absolute Gasteiger partial charge is 0.378 e. The molecule has 0 bridgehead atoms. The fourth-order valence-electron chi connectivity index (χ4n) is 3.34. The topological polar surface area (TPSA) is 50.4 Å². The van der Waals surface area contributed by atoms with E-state index in [2.05, 4.69) is 31.4 Å². The van der Waals surface area contributed by atoms with E-state index in [9.17, 15) is 4.79 Å². The van der Waals surface area contributed by atoms with Crippen molar-refractivity contribution in [2.75, 3.05) is 19.8 Å². The Kier molecular flexibility index (Phi) is 7.45. The minimum atomic E-state index is -0.159. The van der Waals surface area contributed by atoms with Gasteiger partial charge >= 0.3 is 0 Å². The summed E-state index contributed by atoms with van der Waals surface area (Å²) in [5.41, 5.74) is 0.438. The van der Waals surface area contributed by atoms with Crippen LogP contribution < -0.4 is 10.6 Å². The predicted octanol–water partition coefficient (Wildman–Crippen LogP) is 2.51. The molecule has 4 nitrogen and oxygen atoms in total. The van der Waals surface area contributed by atoms with Crippen molar-refractivity contribution >= 4 is 18.3 Å². The lowest BCUT2D eigenvalue weighted by atomic mass is 9.69. The number of halogens is 1. The van der Waals surface area contributed by atoms with Crippen LogP contribution in [0.1, 0.15) is 52.9 Å². The number of morpholine rings is 1. The number of carbonyl (C=O) groups is 1. The van der Waals surface area contributed by atoms with Crippen LogP contribution in [0.5, 0.6) is 0 Å². The lowest BCUT2D eigenvalue weighted by Gasteiger charge is -2.39. The van der Waals surface area contributed by atoms with E-state index in [1.807, 2.05) is 0 Å². The van der Waals surface area contributed by atoms with Gasteiger partial charge in [-0.2, -0.15) is 0 Å². The molecular weight excluding hydrogens is 288 g/mol. The van der Waals surface area contributed by atoms with Crippen LogP contribution in [-0.4, -0.2) is 37.7 Å². The average Bonchev–Trinajstić information content (AvgIpc) is 2.48. The molecule has 124 valence electrons. The van der Waals surface area contributed by atoms with E-state index in [1.54, 1.807) is 0 Å². The average molecular weight is 319 g/mol. The van der Waals surface area contributed by atoms with Crippen molar-refractivity contribution in [1.82, 2.24) is 10.6 Å². The number of hydrogen-bond donors (Lipinski definition) is 2. The molecule has 1 unspecified atom stereocenters. The van der Waals surface area contributed by atoms with Gasteiger partial charge in [0.25, 0.3) is 0 Å². The molecule has 0 radical (unpaired) electrons. The van der Waals surface area contributed by atoms with Crippen LogP contribution in [0.15, 0.2) is 0 Å². The van der Waals surface area contributed by atoms with Crippen molar-refractivity contribution in [2.24, 2.45) is 11.3 Å². The maximum absolute atomic E-state index is 12.1. The first-order valence-corrected chi connectivity index (χ1v) is 8.14. The lowest BCUT2D eigenvalue weighted by Crippen LogP contribution is -2.53. The third-order valence-electron chi connectivity index (χ3n) is 5.33. The number of ether oxygens (including phenoxy) is 1. The van der Waals surface area contributed by atoms with E-state index < -0.39 is 0 Å². The smallest absolute Gasteiger partial charge is 0.239 e. The Morgan fingerprint density at radius 2 is 1.95 bits per heavy atom. The van der Waals surface area contributed by atoms with Gasteiger partial charge in [-0.25, -0.2) is 0 Å². The van der Waals surface area contributed by atoms with Crippen LogP contribution >= 0.6 is 12.4 Å². The molecule has 2 rings (SSSR count). The Bertz CT molecular complexity index is 322. The molecule has 1 atom stereocenters. The van der Waals surface area contributed by atoms with Gasteiger partial charge in [-0.05, 0) is 37.0 Å². The number of nitrogens with one attached hydrogen (secondary N) is 2. The molecule has 0 spiro atoms. The fourth-order valence-corrected chi connectivity index (χ4v) is 3.34. The highest BCUT2D eigenvalue weighted by molar-refractivity contribution is 5.85. The molecule has 1 saturated heterocycles. The second-order valence-corrected chi connectivity index (χ2v) is 6.98. The van der Waals surface area contributed by atoms with E-state index in [1.165, 1.54) is 19.3 Å². The number of amides is 1. The molecule has 1 heterocycles. The van der Waals surface area contributed by atoms with Crippen LogP contribution in [0.4, 0.5) is 0 Å². The first-order valence-electron chi connectivity index (χ1n) is 8.14. The van der Waals surface area contributed by atoms with Gasteiger partial charge in [0.1, 0.15) is 6.04 Å². The van der Waals surface area contributed by atoms with Crippen LogP contribution in [0.25, 0.3) is 0 Å². The molecule has 1 aliphatic carbocycles. The van der Waals surface area contributed by atoms with E-state index in [0.717, 1.165) is 25.3 Å². The Morgan fingerprint density at radius 1 is 1.29 bits per heavy atom. The number of carbonyl (C=O) groups excluding carboxylic acids is 1. The van der Waals surface area contributed by atoms with Crippen LogP contribution in [-0.2, 0) is 9.53 Å². The highest BCUT2D eigenvalue weighted by Crippen LogP contribution is 2.40. The van der Waals surface area contributed by atoms with Crippen LogP contribution in [0, 0.1) is 11.3 Å². The van der Waals surface area contributed by atoms with Gasteiger partial charge in [-0.3, -0.25) is 4.79 Å². The van der Waals surface area contributed by atoms with Gasteiger partial charge < -0.3 is 15.4 Å². The minimum Gasteiger partial charge on any atom is -0.378 e.